The summed E-state index contributed by atoms with van der Waals surface area (Å²) in [6.45, 7) is 0.521. The topological polar surface area (TPSA) is 34.1 Å². The minimum Gasteiger partial charge on any atom is -0.489 e. The first-order valence-corrected chi connectivity index (χ1v) is 6.08. The highest BCUT2D eigenvalue weighted by Crippen LogP contribution is 2.18. The molecule has 0 bridgehead atoms. The summed E-state index contributed by atoms with van der Waals surface area (Å²) >= 11 is 3.41. The van der Waals surface area contributed by atoms with Crippen molar-refractivity contribution in [3.63, 3.8) is 0 Å². The lowest BCUT2D eigenvalue weighted by molar-refractivity contribution is 0.305. The summed E-state index contributed by atoms with van der Waals surface area (Å²) in [4.78, 5) is 4.23. The van der Waals surface area contributed by atoms with Gasteiger partial charge in [0.05, 0.1) is 0 Å². The molecule has 0 fully saturated rings. The Morgan fingerprint density at radius 3 is 2.82 bits per heavy atom. The molecular weight excluding hydrogens is 280 g/mol. The molecule has 4 heteroatoms. The Labute approximate surface area is 109 Å². The molecule has 1 N–H and O–H groups in total. The number of hydrogen-bond donors (Lipinski definition) is 1. The molecule has 17 heavy (non-hydrogen) atoms. The molecule has 88 valence electrons. The van der Waals surface area contributed by atoms with E-state index in [1.807, 2.05) is 49.6 Å². The second-order valence-electron chi connectivity index (χ2n) is 3.55. The molecule has 0 aliphatic rings. The Morgan fingerprint density at radius 1 is 1.29 bits per heavy atom. The van der Waals surface area contributed by atoms with Crippen molar-refractivity contribution < 1.29 is 4.74 Å². The van der Waals surface area contributed by atoms with E-state index >= 15 is 0 Å². The zero-order valence-corrected chi connectivity index (χ0v) is 11.1. The van der Waals surface area contributed by atoms with Gasteiger partial charge in [-0.15, -0.1) is 0 Å². The van der Waals surface area contributed by atoms with Gasteiger partial charge in [-0.2, -0.15) is 0 Å². The lowest BCUT2D eigenvalue weighted by Gasteiger charge is -2.06. The molecule has 1 aromatic heterocycles. The van der Waals surface area contributed by atoms with Crippen LogP contribution < -0.4 is 10.1 Å². The average molecular weight is 293 g/mol. The fourth-order valence-corrected chi connectivity index (χ4v) is 1.76. The molecule has 0 saturated heterocycles. The highest BCUT2D eigenvalue weighted by molar-refractivity contribution is 9.10. The molecule has 2 rings (SSSR count). The van der Waals surface area contributed by atoms with E-state index in [-0.39, 0.29) is 0 Å². The number of rotatable bonds is 4. The first-order valence-electron chi connectivity index (χ1n) is 5.29. The lowest BCUT2D eigenvalue weighted by atomic mass is 10.3. The second-order valence-corrected chi connectivity index (χ2v) is 4.46. The number of aromatic nitrogens is 1. The largest absolute Gasteiger partial charge is 0.489 e. The highest BCUT2D eigenvalue weighted by Gasteiger charge is 1.97. The molecule has 0 radical (unpaired) electrons. The van der Waals surface area contributed by atoms with Gasteiger partial charge in [0.1, 0.15) is 18.2 Å². The zero-order valence-electron chi connectivity index (χ0n) is 9.48. The van der Waals surface area contributed by atoms with Crippen molar-refractivity contribution in [2.75, 3.05) is 12.4 Å². The molecule has 0 atom stereocenters. The number of nitrogens with one attached hydrogen (secondary N) is 1. The smallest absolute Gasteiger partial charge is 0.125 e. The van der Waals surface area contributed by atoms with Crippen molar-refractivity contribution in [1.29, 1.82) is 0 Å². The molecule has 1 heterocycles. The van der Waals surface area contributed by atoms with Crippen molar-refractivity contribution in [1.82, 2.24) is 4.98 Å². The molecule has 0 amide bonds. The Kier molecular flexibility index (Phi) is 3.98. The fourth-order valence-electron chi connectivity index (χ4n) is 1.38. The monoisotopic (exact) mass is 292 g/mol. The van der Waals surface area contributed by atoms with Crippen LogP contribution in [0, 0.1) is 0 Å². The van der Waals surface area contributed by atoms with Gasteiger partial charge in [0, 0.05) is 23.3 Å². The predicted octanol–water partition coefficient (Wildman–Crippen LogP) is 3.46. The van der Waals surface area contributed by atoms with E-state index < -0.39 is 0 Å². The van der Waals surface area contributed by atoms with Crippen molar-refractivity contribution >= 4 is 21.7 Å². The van der Waals surface area contributed by atoms with Crippen LogP contribution in [0.25, 0.3) is 0 Å². The third-order valence-corrected chi connectivity index (χ3v) is 2.78. The van der Waals surface area contributed by atoms with Gasteiger partial charge in [0.15, 0.2) is 0 Å². The number of benzene rings is 1. The van der Waals surface area contributed by atoms with Gasteiger partial charge in [-0.1, -0.05) is 28.1 Å². The molecule has 0 spiro atoms. The number of halogens is 1. The molecule has 0 saturated carbocycles. The number of ether oxygens (including phenoxy) is 1. The first-order chi connectivity index (χ1) is 8.28. The lowest BCUT2D eigenvalue weighted by Crippen LogP contribution is -1.97. The van der Waals surface area contributed by atoms with Gasteiger partial charge in [-0.25, -0.2) is 4.98 Å². The van der Waals surface area contributed by atoms with Crippen molar-refractivity contribution in [3.05, 3.63) is 52.6 Å². The quantitative estimate of drug-likeness (QED) is 0.937. The Bertz CT molecular complexity index is 485. The maximum Gasteiger partial charge on any atom is 0.125 e. The van der Waals surface area contributed by atoms with Crippen LogP contribution in [0.4, 0.5) is 5.82 Å². The van der Waals surface area contributed by atoms with Crippen LogP contribution in [0.2, 0.25) is 0 Å². The van der Waals surface area contributed by atoms with Crippen LogP contribution in [-0.2, 0) is 6.61 Å². The molecule has 3 nitrogen and oxygen atoms in total. The summed E-state index contributed by atoms with van der Waals surface area (Å²) in [6, 6.07) is 11.7. The molecule has 2 aromatic rings. The Morgan fingerprint density at radius 2 is 2.18 bits per heavy atom. The molecule has 1 aromatic carbocycles. The number of pyridine rings is 1. The Balaban J connectivity index is 1.97. The van der Waals surface area contributed by atoms with E-state index in [4.69, 9.17) is 4.74 Å². The maximum atomic E-state index is 5.66. The number of anilines is 1. The van der Waals surface area contributed by atoms with E-state index in [0.717, 1.165) is 21.6 Å². The van der Waals surface area contributed by atoms with Gasteiger partial charge >= 0.3 is 0 Å². The summed E-state index contributed by atoms with van der Waals surface area (Å²) in [6.07, 6.45) is 1.81. The molecule has 0 aliphatic carbocycles. The van der Waals surface area contributed by atoms with E-state index in [0.29, 0.717) is 6.61 Å². The molecule has 0 unspecified atom stereocenters. The zero-order chi connectivity index (χ0) is 12.1. The van der Waals surface area contributed by atoms with Gasteiger partial charge < -0.3 is 10.1 Å². The van der Waals surface area contributed by atoms with Crippen LogP contribution in [0.1, 0.15) is 5.56 Å². The SMILES string of the molecule is CNc1ccc(COc2cccc(Br)c2)cn1. The van der Waals surface area contributed by atoms with Crippen LogP contribution in [0.5, 0.6) is 5.75 Å². The summed E-state index contributed by atoms with van der Waals surface area (Å²) in [5.74, 6) is 1.70. The minimum atomic E-state index is 0.521. The summed E-state index contributed by atoms with van der Waals surface area (Å²) in [5.41, 5.74) is 1.05. The normalized spacial score (nSPS) is 10.0. The minimum absolute atomic E-state index is 0.521. The van der Waals surface area contributed by atoms with Gasteiger partial charge in [-0.05, 0) is 24.3 Å². The summed E-state index contributed by atoms with van der Waals surface area (Å²) < 4.78 is 6.67. The number of nitrogens with zero attached hydrogens (tertiary/aromatic N) is 1. The fraction of sp³-hybridized carbons (Fsp3) is 0.154. The summed E-state index contributed by atoms with van der Waals surface area (Å²) in [7, 11) is 1.85. The highest BCUT2D eigenvalue weighted by atomic mass is 79.9. The van der Waals surface area contributed by atoms with Crippen LogP contribution in [0.15, 0.2) is 47.1 Å². The van der Waals surface area contributed by atoms with E-state index in [9.17, 15) is 0 Å². The van der Waals surface area contributed by atoms with Crippen molar-refractivity contribution in [2.45, 2.75) is 6.61 Å². The average Bonchev–Trinajstić information content (AvgIpc) is 2.37. The van der Waals surface area contributed by atoms with E-state index in [1.54, 1.807) is 0 Å². The van der Waals surface area contributed by atoms with Crippen LogP contribution in [0.3, 0.4) is 0 Å². The molecule has 0 aliphatic heterocycles. The standard InChI is InChI=1S/C13H13BrN2O/c1-15-13-6-5-10(8-16-13)9-17-12-4-2-3-11(14)7-12/h2-8H,9H2,1H3,(H,15,16). The van der Waals surface area contributed by atoms with Gasteiger partial charge in [-0.3, -0.25) is 0 Å². The Hall–Kier alpha value is -1.55. The second kappa shape index (κ2) is 5.68. The third kappa shape index (κ3) is 3.46. The number of hydrogen-bond acceptors (Lipinski definition) is 3. The van der Waals surface area contributed by atoms with Crippen LogP contribution in [-0.4, -0.2) is 12.0 Å². The first kappa shape index (κ1) is 11.9. The third-order valence-electron chi connectivity index (χ3n) is 2.28. The molecular formula is C13H13BrN2O. The van der Waals surface area contributed by atoms with Gasteiger partial charge in [0.25, 0.3) is 0 Å². The van der Waals surface area contributed by atoms with E-state index in [2.05, 4.69) is 26.2 Å². The van der Waals surface area contributed by atoms with E-state index in [1.165, 1.54) is 0 Å². The van der Waals surface area contributed by atoms with Gasteiger partial charge in [0.2, 0.25) is 0 Å². The van der Waals surface area contributed by atoms with Crippen molar-refractivity contribution in [3.8, 4) is 5.75 Å². The predicted molar refractivity (Wildman–Crippen MR) is 72.3 cm³/mol. The van der Waals surface area contributed by atoms with Crippen LogP contribution >= 0.6 is 15.9 Å². The van der Waals surface area contributed by atoms with Crippen molar-refractivity contribution in [2.24, 2.45) is 0 Å². The maximum absolute atomic E-state index is 5.66. The summed E-state index contributed by atoms with van der Waals surface area (Å²) in [5, 5.41) is 2.98.